The molecule has 7 heteroatoms. The van der Waals surface area contributed by atoms with Crippen molar-refractivity contribution in [3.05, 3.63) is 35.5 Å². The first-order chi connectivity index (χ1) is 9.90. The van der Waals surface area contributed by atoms with Gasteiger partial charge in [0.2, 0.25) is 0 Å². The lowest BCUT2D eigenvalue weighted by Gasteiger charge is -2.06. The zero-order valence-electron chi connectivity index (χ0n) is 10.8. The van der Waals surface area contributed by atoms with Crippen LogP contribution in [0.4, 0.5) is 13.2 Å². The number of alkyl halides is 3. The first kappa shape index (κ1) is 15.1. The van der Waals surface area contributed by atoms with Gasteiger partial charge in [-0.1, -0.05) is 6.07 Å². The van der Waals surface area contributed by atoms with Gasteiger partial charge in [0.1, 0.15) is 6.61 Å². The predicted octanol–water partition coefficient (Wildman–Crippen LogP) is 3.19. The van der Waals surface area contributed by atoms with E-state index in [1.165, 1.54) is 6.20 Å². The summed E-state index contributed by atoms with van der Waals surface area (Å²) in [5, 5.41) is 9.42. The number of aromatic nitrogens is 1. The first-order valence-electron chi connectivity index (χ1n) is 6.09. The summed E-state index contributed by atoms with van der Waals surface area (Å²) < 4.78 is 40.1. The van der Waals surface area contributed by atoms with E-state index in [4.69, 9.17) is 5.26 Å². The second kappa shape index (κ2) is 5.97. The number of Topliss-reactive ketones (excluding diaryl/α,β-unsaturated/α-hetero) is 1. The number of carbonyl (C=O) groups excluding carboxylic acids is 1. The van der Waals surface area contributed by atoms with Gasteiger partial charge in [-0.25, -0.2) is 0 Å². The molecule has 0 spiro atoms. The van der Waals surface area contributed by atoms with Crippen molar-refractivity contribution in [2.24, 2.45) is 0 Å². The molecule has 0 fully saturated rings. The largest absolute Gasteiger partial charge is 0.411 e. The highest BCUT2D eigenvalue weighted by Gasteiger charge is 2.27. The van der Waals surface area contributed by atoms with Crippen molar-refractivity contribution in [1.29, 1.82) is 5.26 Å². The zero-order chi connectivity index (χ0) is 15.5. The lowest BCUT2D eigenvalue weighted by molar-refractivity contribution is -0.173. The van der Waals surface area contributed by atoms with Crippen molar-refractivity contribution >= 4 is 16.7 Å². The number of carbonyl (C=O) groups is 1. The standard InChI is InChI=1S/C14H11F3N2O2/c15-14(16,17)8-21-4-3-13(20)11-7-19-12-5-9(6-18)1-2-10(11)12/h1-2,5,7,19H,3-4,8H2. The Morgan fingerprint density at radius 3 is 2.81 bits per heavy atom. The van der Waals surface area contributed by atoms with Crippen LogP contribution in [0.25, 0.3) is 10.9 Å². The Bertz CT molecular complexity index is 698. The average molecular weight is 296 g/mol. The lowest BCUT2D eigenvalue weighted by atomic mass is 10.1. The van der Waals surface area contributed by atoms with Crippen molar-refractivity contribution in [3.8, 4) is 6.07 Å². The summed E-state index contributed by atoms with van der Waals surface area (Å²) in [7, 11) is 0. The molecule has 2 aromatic rings. The number of benzene rings is 1. The Hall–Kier alpha value is -2.33. The van der Waals surface area contributed by atoms with Crippen molar-refractivity contribution in [3.63, 3.8) is 0 Å². The third kappa shape index (κ3) is 3.83. The molecule has 1 N–H and O–H groups in total. The number of nitrogens with zero attached hydrogens (tertiary/aromatic N) is 1. The second-order valence-corrected chi connectivity index (χ2v) is 4.42. The van der Waals surface area contributed by atoms with E-state index in [1.54, 1.807) is 18.2 Å². The maximum Gasteiger partial charge on any atom is 0.411 e. The van der Waals surface area contributed by atoms with E-state index in [0.717, 1.165) is 0 Å². The van der Waals surface area contributed by atoms with Gasteiger partial charge >= 0.3 is 6.18 Å². The zero-order valence-corrected chi connectivity index (χ0v) is 10.8. The number of hydrogen-bond acceptors (Lipinski definition) is 3. The molecule has 0 aliphatic rings. The SMILES string of the molecule is N#Cc1ccc2c(C(=O)CCOCC(F)(F)F)c[nH]c2c1. The second-order valence-electron chi connectivity index (χ2n) is 4.42. The van der Waals surface area contributed by atoms with Gasteiger partial charge in [0.25, 0.3) is 0 Å². The van der Waals surface area contributed by atoms with Gasteiger partial charge in [-0.05, 0) is 12.1 Å². The number of hydrogen-bond donors (Lipinski definition) is 1. The Labute approximate surface area is 118 Å². The summed E-state index contributed by atoms with van der Waals surface area (Å²) in [6, 6.07) is 6.80. The van der Waals surface area contributed by atoms with Crippen LogP contribution in [0.5, 0.6) is 0 Å². The Morgan fingerprint density at radius 2 is 2.14 bits per heavy atom. The number of nitriles is 1. The van der Waals surface area contributed by atoms with E-state index >= 15 is 0 Å². The molecule has 0 aliphatic heterocycles. The summed E-state index contributed by atoms with van der Waals surface area (Å²) >= 11 is 0. The summed E-state index contributed by atoms with van der Waals surface area (Å²) in [4.78, 5) is 14.8. The van der Waals surface area contributed by atoms with E-state index in [2.05, 4.69) is 9.72 Å². The molecule has 0 saturated heterocycles. The van der Waals surface area contributed by atoms with Crippen LogP contribution in [0.15, 0.2) is 24.4 Å². The van der Waals surface area contributed by atoms with Crippen LogP contribution < -0.4 is 0 Å². The molecule has 2 rings (SSSR count). The highest BCUT2D eigenvalue weighted by molar-refractivity contribution is 6.08. The van der Waals surface area contributed by atoms with Gasteiger partial charge < -0.3 is 9.72 Å². The molecule has 0 unspecified atom stereocenters. The number of H-pyrrole nitrogens is 1. The van der Waals surface area contributed by atoms with Gasteiger partial charge in [-0.15, -0.1) is 0 Å². The predicted molar refractivity (Wildman–Crippen MR) is 68.8 cm³/mol. The van der Waals surface area contributed by atoms with Crippen LogP contribution in [0, 0.1) is 11.3 Å². The molecule has 0 saturated carbocycles. The maximum atomic E-state index is 12.0. The third-order valence-corrected chi connectivity index (χ3v) is 2.85. The minimum atomic E-state index is -4.39. The molecular formula is C14H11F3N2O2. The molecule has 0 bridgehead atoms. The van der Waals surface area contributed by atoms with Crippen LogP contribution in [-0.2, 0) is 4.74 Å². The van der Waals surface area contributed by atoms with Crippen molar-refractivity contribution < 1.29 is 22.7 Å². The minimum absolute atomic E-state index is 0.136. The Morgan fingerprint density at radius 1 is 1.38 bits per heavy atom. The Balaban J connectivity index is 2.02. The first-order valence-corrected chi connectivity index (χ1v) is 6.09. The monoisotopic (exact) mass is 296 g/mol. The average Bonchev–Trinajstić information content (AvgIpc) is 2.85. The number of rotatable bonds is 5. The molecule has 1 aromatic heterocycles. The lowest BCUT2D eigenvalue weighted by Crippen LogP contribution is -2.18. The van der Waals surface area contributed by atoms with Crippen molar-refractivity contribution in [1.82, 2.24) is 4.98 Å². The number of ether oxygens (including phenoxy) is 1. The molecule has 110 valence electrons. The van der Waals surface area contributed by atoms with Crippen molar-refractivity contribution in [2.75, 3.05) is 13.2 Å². The highest BCUT2D eigenvalue weighted by Crippen LogP contribution is 2.21. The van der Waals surface area contributed by atoms with Gasteiger partial charge in [0, 0.05) is 29.1 Å². The summed E-state index contributed by atoms with van der Waals surface area (Å²) in [5.41, 5.74) is 1.47. The Kier molecular flexibility index (Phi) is 4.29. The molecule has 21 heavy (non-hydrogen) atoms. The number of ketones is 1. The van der Waals surface area contributed by atoms with E-state index < -0.39 is 12.8 Å². The van der Waals surface area contributed by atoms with E-state index in [-0.39, 0.29) is 18.8 Å². The van der Waals surface area contributed by atoms with Crippen LogP contribution in [0.2, 0.25) is 0 Å². The normalized spacial score (nSPS) is 11.5. The fraction of sp³-hybridized carbons (Fsp3) is 0.286. The number of halogens is 3. The smallest absolute Gasteiger partial charge is 0.372 e. The molecule has 0 atom stereocenters. The molecule has 0 radical (unpaired) electrons. The summed E-state index contributed by atoms with van der Waals surface area (Å²) in [6.07, 6.45) is -3.04. The highest BCUT2D eigenvalue weighted by atomic mass is 19.4. The molecule has 0 aliphatic carbocycles. The number of aromatic amines is 1. The van der Waals surface area contributed by atoms with Gasteiger partial charge in [0.15, 0.2) is 5.78 Å². The topological polar surface area (TPSA) is 65.9 Å². The number of fused-ring (bicyclic) bond motifs is 1. The summed E-state index contributed by atoms with van der Waals surface area (Å²) in [6.45, 7) is -1.65. The summed E-state index contributed by atoms with van der Waals surface area (Å²) in [5.74, 6) is -0.312. The van der Waals surface area contributed by atoms with E-state index in [0.29, 0.717) is 22.0 Å². The molecule has 4 nitrogen and oxygen atoms in total. The van der Waals surface area contributed by atoms with Crippen LogP contribution in [-0.4, -0.2) is 30.2 Å². The fourth-order valence-electron chi connectivity index (χ4n) is 1.91. The van der Waals surface area contributed by atoms with E-state index in [1.807, 2.05) is 6.07 Å². The van der Waals surface area contributed by atoms with Crippen LogP contribution in [0.1, 0.15) is 22.3 Å². The molecular weight excluding hydrogens is 285 g/mol. The third-order valence-electron chi connectivity index (χ3n) is 2.85. The van der Waals surface area contributed by atoms with Gasteiger partial charge in [0.05, 0.1) is 18.2 Å². The van der Waals surface area contributed by atoms with E-state index in [9.17, 15) is 18.0 Å². The minimum Gasteiger partial charge on any atom is -0.372 e. The van der Waals surface area contributed by atoms with Crippen LogP contribution in [0.3, 0.4) is 0 Å². The molecule has 0 amide bonds. The quantitative estimate of drug-likeness (QED) is 0.680. The fourth-order valence-corrected chi connectivity index (χ4v) is 1.91. The van der Waals surface area contributed by atoms with Gasteiger partial charge in [-0.3, -0.25) is 4.79 Å². The maximum absolute atomic E-state index is 12.0. The van der Waals surface area contributed by atoms with Crippen LogP contribution >= 0.6 is 0 Å². The molecule has 1 aromatic carbocycles. The number of nitrogens with one attached hydrogen (secondary N) is 1. The van der Waals surface area contributed by atoms with Crippen molar-refractivity contribution in [2.45, 2.75) is 12.6 Å². The van der Waals surface area contributed by atoms with Gasteiger partial charge in [-0.2, -0.15) is 18.4 Å². The molecule has 1 heterocycles.